The number of para-hydroxylation sites is 3. The number of amides is 1. The van der Waals surface area contributed by atoms with Gasteiger partial charge in [-0.25, -0.2) is 13.2 Å². The van der Waals surface area contributed by atoms with Crippen molar-refractivity contribution in [2.24, 2.45) is 0 Å². The third-order valence-electron chi connectivity index (χ3n) is 4.36. The molecule has 2 N–H and O–H groups in total. The summed E-state index contributed by atoms with van der Waals surface area (Å²) in [5.74, 6) is -0.612. The van der Waals surface area contributed by atoms with Crippen molar-refractivity contribution in [3.63, 3.8) is 0 Å². The first-order valence-electron chi connectivity index (χ1n) is 9.10. The zero-order valence-corrected chi connectivity index (χ0v) is 17.6. The zero-order valence-electron chi connectivity index (χ0n) is 16.8. The summed E-state index contributed by atoms with van der Waals surface area (Å²) in [7, 11) is -1.29. The van der Waals surface area contributed by atoms with Crippen LogP contribution in [0.25, 0.3) is 0 Å². The van der Waals surface area contributed by atoms with Gasteiger partial charge in [-0.1, -0.05) is 24.3 Å². The molecule has 0 saturated carbocycles. The van der Waals surface area contributed by atoms with Crippen LogP contribution in [-0.2, 0) is 14.8 Å². The van der Waals surface area contributed by atoms with E-state index in [0.717, 1.165) is 0 Å². The summed E-state index contributed by atoms with van der Waals surface area (Å²) < 4.78 is 37.9. The summed E-state index contributed by atoms with van der Waals surface area (Å²) in [5.41, 5.74) is 0.902. The van der Waals surface area contributed by atoms with Crippen molar-refractivity contribution in [1.29, 1.82) is 0 Å². The first kappa shape index (κ1) is 21.8. The van der Waals surface area contributed by atoms with Gasteiger partial charge >= 0.3 is 5.97 Å². The molecule has 0 spiro atoms. The van der Waals surface area contributed by atoms with Crippen LogP contribution in [0.4, 0.5) is 11.4 Å². The molecule has 0 bridgehead atoms. The van der Waals surface area contributed by atoms with Crippen molar-refractivity contribution in [2.75, 3.05) is 24.3 Å². The molecule has 0 atom stereocenters. The summed E-state index contributed by atoms with van der Waals surface area (Å²) in [6.07, 6.45) is 0. The number of anilines is 2. The fourth-order valence-electron chi connectivity index (χ4n) is 2.80. The Hall–Kier alpha value is -3.85. The Morgan fingerprint density at radius 2 is 1.42 bits per heavy atom. The number of sulfonamides is 1. The fraction of sp³-hybridized carbons (Fsp3) is 0.0909. The summed E-state index contributed by atoms with van der Waals surface area (Å²) >= 11 is 0. The molecular weight excluding hydrogens is 420 g/mol. The van der Waals surface area contributed by atoms with E-state index in [0.29, 0.717) is 11.4 Å². The second-order valence-electron chi connectivity index (χ2n) is 6.32. The molecule has 8 nitrogen and oxygen atoms in total. The summed E-state index contributed by atoms with van der Waals surface area (Å²) in [6, 6.07) is 18.4. The Morgan fingerprint density at radius 1 is 0.806 bits per heavy atom. The minimum atomic E-state index is -4.01. The number of carbonyl (C=O) groups is 2. The number of hydrogen-bond donors (Lipinski definition) is 2. The van der Waals surface area contributed by atoms with Crippen LogP contribution in [-0.4, -0.2) is 34.5 Å². The predicted molar refractivity (Wildman–Crippen MR) is 116 cm³/mol. The van der Waals surface area contributed by atoms with Crippen molar-refractivity contribution in [3.8, 4) is 5.75 Å². The first-order chi connectivity index (χ1) is 14.9. The number of ether oxygens (including phenoxy) is 2. The van der Waals surface area contributed by atoms with Gasteiger partial charge < -0.3 is 14.8 Å². The van der Waals surface area contributed by atoms with Gasteiger partial charge in [0.2, 0.25) is 0 Å². The number of nitrogens with one attached hydrogen (secondary N) is 2. The van der Waals surface area contributed by atoms with E-state index in [-0.39, 0.29) is 21.7 Å². The molecule has 160 valence electrons. The molecule has 0 aliphatic heterocycles. The van der Waals surface area contributed by atoms with E-state index in [2.05, 4.69) is 14.8 Å². The van der Waals surface area contributed by atoms with Gasteiger partial charge in [0, 0.05) is 0 Å². The van der Waals surface area contributed by atoms with Gasteiger partial charge in [0.15, 0.2) is 0 Å². The maximum Gasteiger partial charge on any atom is 0.337 e. The number of rotatable bonds is 7. The Labute approximate surface area is 179 Å². The molecule has 0 unspecified atom stereocenters. The molecule has 3 rings (SSSR count). The molecule has 0 fully saturated rings. The van der Waals surface area contributed by atoms with Gasteiger partial charge in [0.05, 0.1) is 41.6 Å². The van der Waals surface area contributed by atoms with Crippen molar-refractivity contribution < 1.29 is 27.5 Å². The Balaban J connectivity index is 1.86. The normalized spacial score (nSPS) is 10.8. The van der Waals surface area contributed by atoms with Crippen molar-refractivity contribution >= 4 is 33.3 Å². The SMILES string of the molecule is COC(=O)c1ccc(S(=O)(=O)Nc2ccccc2C(=O)Nc2ccccc2OC)cc1. The van der Waals surface area contributed by atoms with Crippen LogP contribution in [0.5, 0.6) is 5.75 Å². The lowest BCUT2D eigenvalue weighted by Crippen LogP contribution is -2.19. The lowest BCUT2D eigenvalue weighted by atomic mass is 10.1. The van der Waals surface area contributed by atoms with E-state index in [1.165, 1.54) is 50.6 Å². The highest BCUT2D eigenvalue weighted by atomic mass is 32.2. The Morgan fingerprint density at radius 3 is 2.06 bits per heavy atom. The van der Waals surface area contributed by atoms with Crippen molar-refractivity contribution in [3.05, 3.63) is 83.9 Å². The van der Waals surface area contributed by atoms with Crippen molar-refractivity contribution in [1.82, 2.24) is 0 Å². The number of methoxy groups -OCH3 is 2. The summed E-state index contributed by atoms with van der Waals surface area (Å²) in [5, 5.41) is 2.72. The Bertz CT molecular complexity index is 1210. The van der Waals surface area contributed by atoms with Crippen LogP contribution in [0.2, 0.25) is 0 Å². The van der Waals surface area contributed by atoms with Gasteiger partial charge in [0.1, 0.15) is 5.75 Å². The highest BCUT2D eigenvalue weighted by Crippen LogP contribution is 2.26. The van der Waals surface area contributed by atoms with Crippen LogP contribution >= 0.6 is 0 Å². The lowest BCUT2D eigenvalue weighted by Gasteiger charge is -2.14. The minimum absolute atomic E-state index is 0.0694. The standard InChI is InChI=1S/C22H20N2O6S/c1-29-20-10-6-5-9-19(20)23-21(25)17-7-3-4-8-18(17)24-31(27,28)16-13-11-15(12-14-16)22(26)30-2/h3-14,24H,1-2H3,(H,23,25). The molecular formula is C22H20N2O6S. The molecule has 0 saturated heterocycles. The van der Waals surface area contributed by atoms with E-state index in [1.807, 2.05) is 0 Å². The summed E-state index contributed by atoms with van der Waals surface area (Å²) in [6.45, 7) is 0. The number of esters is 1. The van der Waals surface area contributed by atoms with Gasteiger partial charge in [-0.05, 0) is 48.5 Å². The largest absolute Gasteiger partial charge is 0.495 e. The first-order valence-corrected chi connectivity index (χ1v) is 10.6. The Kier molecular flexibility index (Phi) is 6.56. The summed E-state index contributed by atoms with van der Waals surface area (Å²) in [4.78, 5) is 24.3. The predicted octanol–water partition coefficient (Wildman–Crippen LogP) is 3.53. The molecule has 3 aromatic carbocycles. The smallest absolute Gasteiger partial charge is 0.337 e. The topological polar surface area (TPSA) is 111 Å². The third kappa shape index (κ3) is 5.01. The molecule has 0 radical (unpaired) electrons. The highest BCUT2D eigenvalue weighted by Gasteiger charge is 2.20. The molecule has 9 heteroatoms. The molecule has 3 aromatic rings. The van der Waals surface area contributed by atoms with Gasteiger partial charge in [-0.15, -0.1) is 0 Å². The minimum Gasteiger partial charge on any atom is -0.495 e. The maximum absolute atomic E-state index is 12.8. The van der Waals surface area contributed by atoms with Crippen LogP contribution in [0.1, 0.15) is 20.7 Å². The van der Waals surface area contributed by atoms with Gasteiger partial charge in [-0.2, -0.15) is 0 Å². The van der Waals surface area contributed by atoms with Crippen LogP contribution < -0.4 is 14.8 Å². The van der Waals surface area contributed by atoms with E-state index in [4.69, 9.17) is 4.74 Å². The van der Waals surface area contributed by atoms with Gasteiger partial charge in [-0.3, -0.25) is 9.52 Å². The van der Waals surface area contributed by atoms with E-state index in [9.17, 15) is 18.0 Å². The van der Waals surface area contributed by atoms with Crippen LogP contribution in [0, 0.1) is 0 Å². The van der Waals surface area contributed by atoms with E-state index >= 15 is 0 Å². The second kappa shape index (κ2) is 9.31. The fourth-order valence-corrected chi connectivity index (χ4v) is 3.88. The second-order valence-corrected chi connectivity index (χ2v) is 8.00. The van der Waals surface area contributed by atoms with Gasteiger partial charge in [0.25, 0.3) is 15.9 Å². The molecule has 1 amide bonds. The highest BCUT2D eigenvalue weighted by molar-refractivity contribution is 7.92. The molecule has 0 heterocycles. The maximum atomic E-state index is 12.8. The quantitative estimate of drug-likeness (QED) is 0.544. The number of carbonyl (C=O) groups excluding carboxylic acids is 2. The van der Waals surface area contributed by atoms with Crippen LogP contribution in [0.3, 0.4) is 0 Å². The zero-order chi connectivity index (χ0) is 22.4. The molecule has 0 aliphatic carbocycles. The monoisotopic (exact) mass is 440 g/mol. The number of benzene rings is 3. The average molecular weight is 440 g/mol. The van der Waals surface area contributed by atoms with Crippen LogP contribution in [0.15, 0.2) is 77.7 Å². The molecule has 0 aliphatic rings. The average Bonchev–Trinajstić information content (AvgIpc) is 2.79. The molecule has 0 aromatic heterocycles. The van der Waals surface area contributed by atoms with E-state index < -0.39 is 21.9 Å². The number of hydrogen-bond acceptors (Lipinski definition) is 6. The molecule has 31 heavy (non-hydrogen) atoms. The van der Waals surface area contributed by atoms with Crippen molar-refractivity contribution in [2.45, 2.75) is 4.90 Å². The van der Waals surface area contributed by atoms with E-state index in [1.54, 1.807) is 36.4 Å². The third-order valence-corrected chi connectivity index (χ3v) is 5.74. The lowest BCUT2D eigenvalue weighted by molar-refractivity contribution is 0.0600.